The number of halogens is 2. The highest BCUT2D eigenvalue weighted by atomic mass is 35.5. The number of fused-ring (bicyclic) bond motifs is 1. The molecule has 0 spiro atoms. The summed E-state index contributed by atoms with van der Waals surface area (Å²) in [6.07, 6.45) is 0. The number of nitrogens with one attached hydrogen (secondary N) is 2. The molecular formula is C17H12Cl2N2O3. The largest absolute Gasteiger partial charge is 0.477 e. The van der Waals surface area contributed by atoms with Gasteiger partial charge in [-0.05, 0) is 12.1 Å². The van der Waals surface area contributed by atoms with E-state index in [1.165, 1.54) is 0 Å². The van der Waals surface area contributed by atoms with Gasteiger partial charge in [-0.25, -0.2) is 4.79 Å². The molecular weight excluding hydrogens is 351 g/mol. The van der Waals surface area contributed by atoms with Crippen LogP contribution in [0.2, 0.25) is 10.0 Å². The Morgan fingerprint density at radius 3 is 2.42 bits per heavy atom. The van der Waals surface area contributed by atoms with Crippen molar-refractivity contribution in [1.29, 1.82) is 0 Å². The van der Waals surface area contributed by atoms with Crippen LogP contribution >= 0.6 is 23.2 Å². The highest BCUT2D eigenvalue weighted by Gasteiger charge is 2.19. The number of anilines is 1. The highest BCUT2D eigenvalue weighted by Crippen LogP contribution is 2.34. The van der Waals surface area contributed by atoms with Crippen LogP contribution in [-0.2, 0) is 0 Å². The van der Waals surface area contributed by atoms with Gasteiger partial charge < -0.3 is 15.4 Å². The van der Waals surface area contributed by atoms with Gasteiger partial charge in [-0.3, -0.25) is 4.79 Å². The summed E-state index contributed by atoms with van der Waals surface area (Å²) in [6.45, 7) is -0.0442. The van der Waals surface area contributed by atoms with Gasteiger partial charge in [-0.2, -0.15) is 0 Å². The molecule has 0 saturated carbocycles. The first-order valence-electron chi connectivity index (χ1n) is 7.03. The van der Waals surface area contributed by atoms with E-state index in [4.69, 9.17) is 23.2 Å². The lowest BCUT2D eigenvalue weighted by Gasteiger charge is -2.07. The Hall–Kier alpha value is -2.50. The van der Waals surface area contributed by atoms with E-state index in [1.807, 2.05) is 6.07 Å². The standard InChI is InChI=1S/C17H12Cl2N2O3/c18-11-6-10-13(7-12(11)19)21-16(17(23)24)15(10)20-8-14(22)9-4-2-1-3-5-9/h1-7,20-21H,8H2,(H,23,24). The van der Waals surface area contributed by atoms with Crippen molar-refractivity contribution in [1.82, 2.24) is 4.98 Å². The van der Waals surface area contributed by atoms with Crippen LogP contribution < -0.4 is 5.32 Å². The fourth-order valence-corrected chi connectivity index (χ4v) is 2.76. The molecule has 0 amide bonds. The molecule has 5 nitrogen and oxygen atoms in total. The molecule has 1 heterocycles. The maximum atomic E-state index is 12.2. The van der Waals surface area contributed by atoms with Crippen molar-refractivity contribution in [3.63, 3.8) is 0 Å². The summed E-state index contributed by atoms with van der Waals surface area (Å²) in [6, 6.07) is 11.9. The van der Waals surface area contributed by atoms with Gasteiger partial charge in [0.1, 0.15) is 5.69 Å². The summed E-state index contributed by atoms with van der Waals surface area (Å²) < 4.78 is 0. The Labute approximate surface area is 147 Å². The maximum Gasteiger partial charge on any atom is 0.354 e. The summed E-state index contributed by atoms with van der Waals surface area (Å²) >= 11 is 12.0. The number of Topliss-reactive ketones (excluding diaryl/α,β-unsaturated/α-hetero) is 1. The van der Waals surface area contributed by atoms with Crippen molar-refractivity contribution in [3.8, 4) is 0 Å². The summed E-state index contributed by atoms with van der Waals surface area (Å²) in [5.74, 6) is -1.30. The number of hydrogen-bond acceptors (Lipinski definition) is 3. The predicted molar refractivity (Wildman–Crippen MR) is 94.5 cm³/mol. The molecule has 0 unspecified atom stereocenters. The van der Waals surface area contributed by atoms with Crippen LogP contribution in [0.5, 0.6) is 0 Å². The van der Waals surface area contributed by atoms with Crippen LogP contribution in [-0.4, -0.2) is 28.4 Å². The summed E-state index contributed by atoms with van der Waals surface area (Å²) in [7, 11) is 0. The maximum absolute atomic E-state index is 12.2. The lowest BCUT2D eigenvalue weighted by atomic mass is 10.1. The van der Waals surface area contributed by atoms with Gasteiger partial charge in [0.2, 0.25) is 0 Å². The van der Waals surface area contributed by atoms with Crippen LogP contribution in [0.25, 0.3) is 10.9 Å². The molecule has 0 aliphatic carbocycles. The Morgan fingerprint density at radius 1 is 1.08 bits per heavy atom. The molecule has 1 aromatic heterocycles. The van der Waals surface area contributed by atoms with Gasteiger partial charge in [0.05, 0.1) is 22.3 Å². The Balaban J connectivity index is 1.96. The van der Waals surface area contributed by atoms with Gasteiger partial charge in [-0.1, -0.05) is 53.5 Å². The minimum atomic E-state index is -1.15. The molecule has 7 heteroatoms. The first kappa shape index (κ1) is 16.4. The number of aromatic nitrogens is 1. The third-order valence-corrected chi connectivity index (χ3v) is 4.30. The number of benzene rings is 2. The smallest absolute Gasteiger partial charge is 0.354 e. The van der Waals surface area contributed by atoms with E-state index < -0.39 is 5.97 Å². The highest BCUT2D eigenvalue weighted by molar-refractivity contribution is 6.43. The topological polar surface area (TPSA) is 82.2 Å². The van der Waals surface area contributed by atoms with Crippen molar-refractivity contribution < 1.29 is 14.7 Å². The number of carbonyl (C=O) groups is 2. The van der Waals surface area contributed by atoms with Gasteiger partial charge in [0.15, 0.2) is 5.78 Å². The molecule has 3 aromatic rings. The summed E-state index contributed by atoms with van der Waals surface area (Å²) in [4.78, 5) is 26.4. The van der Waals surface area contributed by atoms with Crippen molar-refractivity contribution >= 4 is 51.5 Å². The summed E-state index contributed by atoms with van der Waals surface area (Å²) in [5.41, 5.74) is 1.32. The Bertz CT molecular complexity index is 936. The molecule has 3 N–H and O–H groups in total. The van der Waals surface area contributed by atoms with E-state index >= 15 is 0 Å². The van der Waals surface area contributed by atoms with E-state index in [0.717, 1.165) is 0 Å². The fourth-order valence-electron chi connectivity index (χ4n) is 2.43. The predicted octanol–water partition coefficient (Wildman–Crippen LogP) is 4.47. The minimum Gasteiger partial charge on any atom is -0.477 e. The molecule has 0 aliphatic rings. The Kier molecular flexibility index (Phi) is 4.46. The molecule has 0 bridgehead atoms. The van der Waals surface area contributed by atoms with Gasteiger partial charge in [0.25, 0.3) is 0 Å². The number of aromatic carboxylic acids is 1. The van der Waals surface area contributed by atoms with Crippen LogP contribution in [0.1, 0.15) is 20.8 Å². The number of carboxylic acids is 1. The zero-order valence-corrected chi connectivity index (χ0v) is 13.8. The molecule has 0 saturated heterocycles. The second kappa shape index (κ2) is 6.55. The van der Waals surface area contributed by atoms with E-state index in [1.54, 1.807) is 36.4 Å². The first-order valence-corrected chi connectivity index (χ1v) is 7.79. The normalized spacial score (nSPS) is 10.8. The Morgan fingerprint density at radius 2 is 1.75 bits per heavy atom. The van der Waals surface area contributed by atoms with Crippen molar-refractivity contribution in [3.05, 3.63) is 63.8 Å². The monoisotopic (exact) mass is 362 g/mol. The average molecular weight is 363 g/mol. The van der Waals surface area contributed by atoms with Crippen molar-refractivity contribution in [2.75, 3.05) is 11.9 Å². The number of carbonyl (C=O) groups excluding carboxylic acids is 1. The molecule has 0 aliphatic heterocycles. The van der Waals surface area contributed by atoms with E-state index in [2.05, 4.69) is 10.3 Å². The third kappa shape index (κ3) is 3.09. The van der Waals surface area contributed by atoms with Gasteiger partial charge >= 0.3 is 5.97 Å². The van der Waals surface area contributed by atoms with Crippen LogP contribution in [0.15, 0.2) is 42.5 Å². The molecule has 2 aromatic carbocycles. The number of H-pyrrole nitrogens is 1. The zero-order chi connectivity index (χ0) is 17.3. The lowest BCUT2D eigenvalue weighted by molar-refractivity contribution is 0.0692. The molecule has 24 heavy (non-hydrogen) atoms. The van der Waals surface area contributed by atoms with Crippen LogP contribution in [0.3, 0.4) is 0 Å². The van der Waals surface area contributed by atoms with Gasteiger partial charge in [-0.15, -0.1) is 0 Å². The molecule has 3 rings (SSSR count). The van der Waals surface area contributed by atoms with Gasteiger partial charge in [0, 0.05) is 16.5 Å². The second-order valence-corrected chi connectivity index (χ2v) is 5.95. The van der Waals surface area contributed by atoms with Crippen LogP contribution in [0.4, 0.5) is 5.69 Å². The molecule has 0 fully saturated rings. The quantitative estimate of drug-likeness (QED) is 0.584. The lowest BCUT2D eigenvalue weighted by Crippen LogP contribution is -2.15. The van der Waals surface area contributed by atoms with E-state index in [0.29, 0.717) is 32.2 Å². The van der Waals surface area contributed by atoms with Crippen molar-refractivity contribution in [2.24, 2.45) is 0 Å². The number of ketones is 1. The van der Waals surface area contributed by atoms with Crippen LogP contribution in [0, 0.1) is 0 Å². The van der Waals surface area contributed by atoms with Crippen molar-refractivity contribution in [2.45, 2.75) is 0 Å². The summed E-state index contributed by atoms with van der Waals surface area (Å²) in [5, 5.41) is 13.4. The number of carboxylic acid groups (broad SMARTS) is 1. The zero-order valence-electron chi connectivity index (χ0n) is 12.3. The number of rotatable bonds is 5. The fraction of sp³-hybridized carbons (Fsp3) is 0.0588. The van der Waals surface area contributed by atoms with E-state index in [-0.39, 0.29) is 18.0 Å². The molecule has 122 valence electrons. The minimum absolute atomic E-state index is 0.0442. The molecule has 0 atom stereocenters. The number of aromatic amines is 1. The first-order chi connectivity index (χ1) is 11.5. The average Bonchev–Trinajstić information content (AvgIpc) is 2.91. The second-order valence-electron chi connectivity index (χ2n) is 5.13. The SMILES string of the molecule is O=C(CNc1c(C(=O)O)[nH]c2cc(Cl)c(Cl)cc12)c1ccccc1. The van der Waals surface area contributed by atoms with E-state index in [9.17, 15) is 14.7 Å². The molecule has 0 radical (unpaired) electrons. The third-order valence-electron chi connectivity index (χ3n) is 3.57. The number of hydrogen-bond donors (Lipinski definition) is 3.